The molecule has 0 fully saturated rings. The second-order valence-corrected chi connectivity index (χ2v) is 7.52. The highest BCUT2D eigenvalue weighted by atomic mass is 32.2. The lowest BCUT2D eigenvalue weighted by Gasteiger charge is -2.28. The molecule has 2 aromatic rings. The van der Waals surface area contributed by atoms with Crippen molar-refractivity contribution in [1.82, 2.24) is 4.98 Å². The molecule has 2 heterocycles. The van der Waals surface area contributed by atoms with Crippen LogP contribution in [0.4, 0.5) is 5.82 Å². The van der Waals surface area contributed by atoms with Crippen molar-refractivity contribution in [1.29, 1.82) is 0 Å². The largest absolute Gasteiger partial charge is 0.537 e. The monoisotopic (exact) mass is 364 g/mol. The third kappa shape index (κ3) is 3.26. The van der Waals surface area contributed by atoms with Crippen LogP contribution in [0.5, 0.6) is 5.75 Å². The van der Waals surface area contributed by atoms with Crippen molar-refractivity contribution in [2.75, 3.05) is 5.32 Å². The van der Waals surface area contributed by atoms with E-state index in [4.69, 9.17) is 4.65 Å². The van der Waals surface area contributed by atoms with Crippen LogP contribution in [0.1, 0.15) is 21.5 Å². The average molecular weight is 364 g/mol. The maximum Gasteiger partial charge on any atom is 0.537 e. The molecule has 10 heteroatoms. The van der Waals surface area contributed by atoms with E-state index in [2.05, 4.69) is 10.3 Å². The molecule has 1 aromatic heterocycles. The van der Waals surface area contributed by atoms with Crippen LogP contribution in [0.15, 0.2) is 21.9 Å². The molecule has 0 bridgehead atoms. The highest BCUT2D eigenvalue weighted by Crippen LogP contribution is 2.38. The Labute approximate surface area is 146 Å². The maximum atomic E-state index is 11.4. The van der Waals surface area contributed by atoms with E-state index >= 15 is 0 Å². The number of hydrogen-bond acceptors (Lipinski definition) is 7. The van der Waals surface area contributed by atoms with Gasteiger partial charge < -0.3 is 20.1 Å². The van der Waals surface area contributed by atoms with E-state index in [1.807, 2.05) is 6.07 Å². The van der Waals surface area contributed by atoms with Gasteiger partial charge in [0.1, 0.15) is 17.1 Å². The second-order valence-electron chi connectivity index (χ2n) is 5.18. The first kappa shape index (κ1) is 16.8. The Morgan fingerprint density at radius 2 is 2.38 bits per heavy atom. The minimum atomic E-state index is -1.14. The van der Waals surface area contributed by atoms with Crippen LogP contribution in [0.25, 0.3) is 0 Å². The number of nitrogens with one attached hydrogen (secondary N) is 1. The number of fused-ring (bicyclic) bond motifs is 1. The lowest BCUT2D eigenvalue weighted by molar-refractivity contribution is -0.105. The minimum Gasteiger partial charge on any atom is -0.535 e. The number of anilines is 1. The molecule has 3 N–H and O–H groups in total. The van der Waals surface area contributed by atoms with Gasteiger partial charge in [0.25, 0.3) is 0 Å². The fourth-order valence-corrected chi connectivity index (χ4v) is 4.53. The number of nitrogens with zero attached hydrogens (tertiary/aromatic N) is 1. The first-order chi connectivity index (χ1) is 11.5. The number of amides is 1. The average Bonchev–Trinajstić information content (AvgIpc) is 2.95. The molecule has 24 heavy (non-hydrogen) atoms. The highest BCUT2D eigenvalue weighted by molar-refractivity contribution is 8.02. The SMILES string of the molecule is Cc1ccc2c(c1C(=O)O)OB(O)[C@@H](Sc1nc(NC=O)cs1)C2. The van der Waals surface area contributed by atoms with Crippen LogP contribution < -0.4 is 9.97 Å². The topological polar surface area (TPSA) is 109 Å². The van der Waals surface area contributed by atoms with Gasteiger partial charge in [-0.1, -0.05) is 23.9 Å². The van der Waals surface area contributed by atoms with Gasteiger partial charge >= 0.3 is 13.1 Å². The summed E-state index contributed by atoms with van der Waals surface area (Å²) >= 11 is 2.68. The summed E-state index contributed by atoms with van der Waals surface area (Å²) in [6, 6.07) is 3.55. The van der Waals surface area contributed by atoms with E-state index in [1.54, 1.807) is 18.4 Å². The molecule has 1 atom stereocenters. The number of thiazole rings is 1. The van der Waals surface area contributed by atoms with E-state index < -0.39 is 13.1 Å². The lowest BCUT2D eigenvalue weighted by Crippen LogP contribution is -2.40. The van der Waals surface area contributed by atoms with Crippen molar-refractivity contribution in [3.63, 3.8) is 0 Å². The Kier molecular flexibility index (Phi) is 4.79. The molecular weight excluding hydrogens is 351 g/mol. The number of benzene rings is 1. The molecule has 0 radical (unpaired) electrons. The maximum absolute atomic E-state index is 11.4. The molecule has 1 amide bonds. The Morgan fingerprint density at radius 1 is 1.58 bits per heavy atom. The van der Waals surface area contributed by atoms with Gasteiger partial charge in [-0.2, -0.15) is 0 Å². The Bertz CT molecular complexity index is 797. The zero-order chi connectivity index (χ0) is 17.3. The van der Waals surface area contributed by atoms with Crippen molar-refractivity contribution in [2.24, 2.45) is 0 Å². The second kappa shape index (κ2) is 6.84. The number of carbonyl (C=O) groups excluding carboxylic acids is 1. The lowest BCUT2D eigenvalue weighted by atomic mass is 9.77. The standard InChI is InChI=1S/C14H13BN2O5S2/c1-7-2-3-8-4-9(15(21)22-12(8)11(7)13(19)20)24-14-17-10(5-23-14)16-6-18/h2-3,5-6,9,21H,4H2,1H3,(H,16,18)(H,19,20)/t9-/m0/s1. The van der Waals surface area contributed by atoms with E-state index in [1.165, 1.54) is 23.1 Å². The van der Waals surface area contributed by atoms with E-state index in [9.17, 15) is 19.7 Å². The predicted molar refractivity (Wildman–Crippen MR) is 91.9 cm³/mol. The molecule has 0 saturated heterocycles. The third-order valence-electron chi connectivity index (χ3n) is 3.58. The van der Waals surface area contributed by atoms with Crippen LogP contribution in [0.3, 0.4) is 0 Å². The number of hydrogen-bond donors (Lipinski definition) is 3. The predicted octanol–water partition coefficient (Wildman–Crippen LogP) is 1.83. The zero-order valence-electron chi connectivity index (χ0n) is 12.6. The fraction of sp³-hybridized carbons (Fsp3) is 0.214. The van der Waals surface area contributed by atoms with Crippen molar-refractivity contribution in [3.05, 3.63) is 34.2 Å². The van der Waals surface area contributed by atoms with Gasteiger partial charge in [0.05, 0.1) is 5.15 Å². The molecular formula is C14H13BN2O5S2. The van der Waals surface area contributed by atoms with Crippen molar-refractivity contribution < 1.29 is 24.4 Å². The van der Waals surface area contributed by atoms with E-state index in [0.717, 1.165) is 5.56 Å². The first-order valence-corrected chi connectivity index (χ1v) is 8.78. The van der Waals surface area contributed by atoms with Gasteiger partial charge in [-0.25, -0.2) is 9.78 Å². The summed E-state index contributed by atoms with van der Waals surface area (Å²) < 4.78 is 6.18. The molecule has 1 aliphatic heterocycles. The molecule has 0 saturated carbocycles. The molecule has 7 nitrogen and oxygen atoms in total. The number of aryl methyl sites for hydroxylation is 1. The normalized spacial score (nSPS) is 16.2. The minimum absolute atomic E-state index is 0.0849. The van der Waals surface area contributed by atoms with Gasteiger partial charge in [-0.3, -0.25) is 4.79 Å². The van der Waals surface area contributed by atoms with E-state index in [0.29, 0.717) is 28.6 Å². The zero-order valence-corrected chi connectivity index (χ0v) is 14.2. The van der Waals surface area contributed by atoms with E-state index in [-0.39, 0.29) is 16.5 Å². The first-order valence-electron chi connectivity index (χ1n) is 7.02. The quantitative estimate of drug-likeness (QED) is 0.549. The van der Waals surface area contributed by atoms with Gasteiger partial charge in [-0.05, 0) is 24.5 Å². The van der Waals surface area contributed by atoms with Crippen LogP contribution in [0, 0.1) is 6.92 Å². The molecule has 0 aliphatic carbocycles. The summed E-state index contributed by atoms with van der Waals surface area (Å²) in [5, 5.41) is 23.4. The van der Waals surface area contributed by atoms with Gasteiger partial charge in [0.15, 0.2) is 4.34 Å². The number of carbonyl (C=O) groups is 2. The van der Waals surface area contributed by atoms with Gasteiger partial charge in [0, 0.05) is 5.38 Å². The smallest absolute Gasteiger partial charge is 0.535 e. The number of thioether (sulfide) groups is 1. The van der Waals surface area contributed by atoms with Crippen LogP contribution >= 0.6 is 23.1 Å². The molecule has 3 rings (SSSR count). The van der Waals surface area contributed by atoms with Gasteiger partial charge in [-0.15, -0.1) is 11.3 Å². The fourth-order valence-electron chi connectivity index (χ4n) is 2.47. The molecule has 1 aliphatic rings. The molecule has 0 spiro atoms. The van der Waals surface area contributed by atoms with Crippen LogP contribution in [0.2, 0.25) is 0 Å². The van der Waals surface area contributed by atoms with Crippen LogP contribution in [-0.2, 0) is 11.2 Å². The summed E-state index contributed by atoms with van der Waals surface area (Å²) in [4.78, 5) is 26.1. The van der Waals surface area contributed by atoms with Gasteiger partial charge in [0.2, 0.25) is 6.41 Å². The summed E-state index contributed by atoms with van der Waals surface area (Å²) in [7, 11) is -1.14. The summed E-state index contributed by atoms with van der Waals surface area (Å²) in [6.45, 7) is 1.69. The number of aromatic nitrogens is 1. The van der Waals surface area contributed by atoms with Crippen molar-refractivity contribution in [3.8, 4) is 5.75 Å². The summed E-state index contributed by atoms with van der Waals surface area (Å²) in [5.41, 5.74) is 1.41. The Balaban J connectivity index is 1.83. The van der Waals surface area contributed by atoms with Crippen molar-refractivity contribution >= 4 is 48.4 Å². The van der Waals surface area contributed by atoms with Crippen molar-refractivity contribution in [2.45, 2.75) is 22.8 Å². The third-order valence-corrected chi connectivity index (χ3v) is 5.79. The number of carboxylic acid groups (broad SMARTS) is 1. The Hall–Kier alpha value is -2.04. The number of carboxylic acids is 1. The molecule has 0 unspecified atom stereocenters. The number of aromatic carboxylic acids is 1. The molecule has 1 aromatic carbocycles. The number of rotatable bonds is 5. The summed E-state index contributed by atoms with van der Waals surface area (Å²) in [6.07, 6.45) is 1.01. The molecule has 124 valence electrons. The highest BCUT2D eigenvalue weighted by Gasteiger charge is 2.38. The Morgan fingerprint density at radius 3 is 3.08 bits per heavy atom. The van der Waals surface area contributed by atoms with Crippen LogP contribution in [-0.4, -0.2) is 39.8 Å². The summed E-state index contributed by atoms with van der Waals surface area (Å²) in [5.74, 6) is -0.394.